The van der Waals surface area contributed by atoms with Crippen LogP contribution in [0.2, 0.25) is 0 Å². The van der Waals surface area contributed by atoms with Gasteiger partial charge in [0, 0.05) is 18.0 Å². The molecule has 1 aromatic heterocycles. The standard InChI is InChI=1S/C19H21NO2/c1-13(2)9-10-20-12-15-11-18(21)22-17-8-7-14-5-3-4-6-16(14)19(15)17/h3-8,11,13,20H,9-10,12H2,1-2H3. The van der Waals surface area contributed by atoms with E-state index in [2.05, 4.69) is 31.3 Å². The number of benzene rings is 2. The predicted octanol–water partition coefficient (Wildman–Crippen LogP) is 4.08. The van der Waals surface area contributed by atoms with Crippen molar-refractivity contribution in [1.82, 2.24) is 5.32 Å². The van der Waals surface area contributed by atoms with Crippen molar-refractivity contribution in [3.8, 4) is 0 Å². The first-order valence-electron chi connectivity index (χ1n) is 7.80. The average molecular weight is 295 g/mol. The number of fused-ring (bicyclic) bond motifs is 3. The van der Waals surface area contributed by atoms with Crippen LogP contribution in [0.4, 0.5) is 0 Å². The molecule has 0 spiro atoms. The van der Waals surface area contributed by atoms with E-state index < -0.39 is 0 Å². The van der Waals surface area contributed by atoms with Crippen molar-refractivity contribution < 1.29 is 4.42 Å². The zero-order chi connectivity index (χ0) is 15.5. The van der Waals surface area contributed by atoms with E-state index in [0.29, 0.717) is 18.0 Å². The summed E-state index contributed by atoms with van der Waals surface area (Å²) in [6, 6.07) is 13.7. The van der Waals surface area contributed by atoms with Crippen LogP contribution in [0.15, 0.2) is 51.7 Å². The minimum atomic E-state index is -0.288. The lowest BCUT2D eigenvalue weighted by molar-refractivity contribution is 0.533. The molecule has 2 aromatic carbocycles. The molecule has 0 fully saturated rings. The van der Waals surface area contributed by atoms with Gasteiger partial charge in [-0.05, 0) is 41.3 Å². The molecule has 0 aliphatic heterocycles. The quantitative estimate of drug-likeness (QED) is 0.438. The van der Waals surface area contributed by atoms with E-state index in [1.807, 2.05) is 24.3 Å². The van der Waals surface area contributed by atoms with Crippen molar-refractivity contribution >= 4 is 21.7 Å². The molecule has 22 heavy (non-hydrogen) atoms. The van der Waals surface area contributed by atoms with Crippen LogP contribution in [0.3, 0.4) is 0 Å². The number of hydrogen-bond acceptors (Lipinski definition) is 3. The fourth-order valence-electron chi connectivity index (χ4n) is 2.77. The molecule has 114 valence electrons. The van der Waals surface area contributed by atoms with Gasteiger partial charge in [-0.25, -0.2) is 4.79 Å². The molecule has 3 nitrogen and oxygen atoms in total. The van der Waals surface area contributed by atoms with Gasteiger partial charge in [0.1, 0.15) is 5.58 Å². The highest BCUT2D eigenvalue weighted by Gasteiger charge is 2.09. The normalized spacial score (nSPS) is 11.6. The van der Waals surface area contributed by atoms with Gasteiger partial charge in [-0.2, -0.15) is 0 Å². The van der Waals surface area contributed by atoms with Crippen LogP contribution in [0.1, 0.15) is 25.8 Å². The van der Waals surface area contributed by atoms with Crippen molar-refractivity contribution in [3.63, 3.8) is 0 Å². The Bertz CT molecular complexity index is 849. The Labute approximate surface area is 130 Å². The summed E-state index contributed by atoms with van der Waals surface area (Å²) in [6.07, 6.45) is 1.13. The van der Waals surface area contributed by atoms with Crippen LogP contribution in [0.5, 0.6) is 0 Å². The molecule has 0 unspecified atom stereocenters. The van der Waals surface area contributed by atoms with E-state index in [4.69, 9.17) is 4.42 Å². The van der Waals surface area contributed by atoms with Crippen LogP contribution in [0, 0.1) is 5.92 Å². The van der Waals surface area contributed by atoms with Gasteiger partial charge in [0.15, 0.2) is 0 Å². The molecule has 0 aliphatic carbocycles. The highest BCUT2D eigenvalue weighted by atomic mass is 16.4. The molecular weight excluding hydrogens is 274 g/mol. The molecular formula is C19H21NO2. The Morgan fingerprint density at radius 3 is 2.77 bits per heavy atom. The summed E-state index contributed by atoms with van der Waals surface area (Å²) in [6.45, 7) is 6.05. The summed E-state index contributed by atoms with van der Waals surface area (Å²) >= 11 is 0. The zero-order valence-corrected chi connectivity index (χ0v) is 13.1. The molecule has 0 atom stereocenters. The molecule has 0 bridgehead atoms. The second-order valence-electron chi connectivity index (χ2n) is 6.11. The van der Waals surface area contributed by atoms with Crippen LogP contribution in [-0.4, -0.2) is 6.54 Å². The van der Waals surface area contributed by atoms with Crippen molar-refractivity contribution in [3.05, 3.63) is 58.4 Å². The monoisotopic (exact) mass is 295 g/mol. The second-order valence-corrected chi connectivity index (χ2v) is 6.11. The van der Waals surface area contributed by atoms with Crippen LogP contribution in [0.25, 0.3) is 21.7 Å². The average Bonchev–Trinajstić information content (AvgIpc) is 2.50. The number of rotatable bonds is 5. The zero-order valence-electron chi connectivity index (χ0n) is 13.1. The third kappa shape index (κ3) is 3.04. The van der Waals surface area contributed by atoms with Crippen LogP contribution >= 0.6 is 0 Å². The summed E-state index contributed by atoms with van der Waals surface area (Å²) in [5.74, 6) is 0.672. The van der Waals surface area contributed by atoms with E-state index in [9.17, 15) is 4.79 Å². The summed E-state index contributed by atoms with van der Waals surface area (Å²) in [7, 11) is 0. The van der Waals surface area contributed by atoms with E-state index in [0.717, 1.165) is 34.7 Å². The molecule has 1 N–H and O–H groups in total. The van der Waals surface area contributed by atoms with Gasteiger partial charge in [-0.3, -0.25) is 0 Å². The van der Waals surface area contributed by atoms with E-state index in [-0.39, 0.29) is 5.63 Å². The summed E-state index contributed by atoms with van der Waals surface area (Å²) in [5.41, 5.74) is 1.38. The molecule has 0 saturated carbocycles. The van der Waals surface area contributed by atoms with Crippen molar-refractivity contribution in [2.45, 2.75) is 26.8 Å². The molecule has 3 rings (SSSR count). The van der Waals surface area contributed by atoms with Crippen LogP contribution in [-0.2, 0) is 6.54 Å². The minimum Gasteiger partial charge on any atom is -0.423 e. The summed E-state index contributed by atoms with van der Waals surface area (Å²) < 4.78 is 5.37. The third-order valence-corrected chi connectivity index (χ3v) is 3.93. The summed E-state index contributed by atoms with van der Waals surface area (Å²) in [5, 5.41) is 6.76. The van der Waals surface area contributed by atoms with E-state index in [1.54, 1.807) is 6.07 Å². The first-order valence-corrected chi connectivity index (χ1v) is 7.80. The highest BCUT2D eigenvalue weighted by Crippen LogP contribution is 2.27. The molecule has 0 saturated heterocycles. The summed E-state index contributed by atoms with van der Waals surface area (Å²) in [4.78, 5) is 11.8. The maximum atomic E-state index is 11.8. The van der Waals surface area contributed by atoms with Gasteiger partial charge in [-0.1, -0.05) is 44.2 Å². The first kappa shape index (κ1) is 14.8. The highest BCUT2D eigenvalue weighted by molar-refractivity contribution is 6.07. The van der Waals surface area contributed by atoms with E-state index >= 15 is 0 Å². The SMILES string of the molecule is CC(C)CCNCc1cc(=O)oc2ccc3ccccc3c12. The van der Waals surface area contributed by atoms with Crippen molar-refractivity contribution in [2.75, 3.05) is 6.54 Å². The Morgan fingerprint density at radius 2 is 1.95 bits per heavy atom. The van der Waals surface area contributed by atoms with Crippen LogP contribution < -0.4 is 10.9 Å². The first-order chi connectivity index (χ1) is 10.6. The number of nitrogens with one attached hydrogen (secondary N) is 1. The van der Waals surface area contributed by atoms with Gasteiger partial charge in [0.2, 0.25) is 0 Å². The molecule has 1 heterocycles. The Hall–Kier alpha value is -2.13. The minimum absolute atomic E-state index is 0.288. The topological polar surface area (TPSA) is 42.2 Å². The fourth-order valence-corrected chi connectivity index (χ4v) is 2.77. The lowest BCUT2D eigenvalue weighted by atomic mass is 10.0. The predicted molar refractivity (Wildman–Crippen MR) is 91.2 cm³/mol. The smallest absolute Gasteiger partial charge is 0.336 e. The molecule has 0 radical (unpaired) electrons. The third-order valence-electron chi connectivity index (χ3n) is 3.93. The number of hydrogen-bond donors (Lipinski definition) is 1. The second kappa shape index (κ2) is 6.32. The fraction of sp³-hybridized carbons (Fsp3) is 0.316. The maximum Gasteiger partial charge on any atom is 0.336 e. The van der Waals surface area contributed by atoms with E-state index in [1.165, 1.54) is 0 Å². The molecule has 0 aliphatic rings. The van der Waals surface area contributed by atoms with Gasteiger partial charge in [0.25, 0.3) is 0 Å². The maximum absolute atomic E-state index is 11.8. The molecule has 3 aromatic rings. The Kier molecular flexibility index (Phi) is 4.25. The molecule has 0 amide bonds. The van der Waals surface area contributed by atoms with Crippen molar-refractivity contribution in [2.24, 2.45) is 5.92 Å². The van der Waals surface area contributed by atoms with Gasteiger partial charge in [-0.15, -0.1) is 0 Å². The van der Waals surface area contributed by atoms with Crippen molar-refractivity contribution in [1.29, 1.82) is 0 Å². The van der Waals surface area contributed by atoms with Gasteiger partial charge < -0.3 is 9.73 Å². The Morgan fingerprint density at radius 1 is 1.14 bits per heavy atom. The lowest BCUT2D eigenvalue weighted by Crippen LogP contribution is -2.17. The largest absolute Gasteiger partial charge is 0.423 e. The lowest BCUT2D eigenvalue weighted by Gasteiger charge is -2.10. The van der Waals surface area contributed by atoms with Gasteiger partial charge in [0.05, 0.1) is 0 Å². The van der Waals surface area contributed by atoms with Gasteiger partial charge >= 0.3 is 5.63 Å². The Balaban J connectivity index is 2.03. The molecule has 3 heteroatoms.